The maximum absolute atomic E-state index is 13.0. The molecule has 1 aromatic heterocycles. The second kappa shape index (κ2) is 10.0. The summed E-state index contributed by atoms with van der Waals surface area (Å²) in [6.45, 7) is 1.09. The standard InChI is InChI=1S/C25H25N3O5/c1-32-20-8-6-17(7-9-20)23(29)27-22-5-3-2-4-21(22)24(30)26-19-10-13-28(14-11-19)25(31)18-12-15-33-16-18/h2-9,12,15-16,19H,10-11,13-14H2,1H3,(H,26,30)(H,27,29). The number of likely N-dealkylation sites (tertiary alicyclic amines) is 1. The zero-order chi connectivity index (χ0) is 23.2. The van der Waals surface area contributed by atoms with E-state index < -0.39 is 0 Å². The molecule has 33 heavy (non-hydrogen) atoms. The maximum Gasteiger partial charge on any atom is 0.257 e. The predicted molar refractivity (Wildman–Crippen MR) is 122 cm³/mol. The normalized spacial score (nSPS) is 13.9. The van der Waals surface area contributed by atoms with Gasteiger partial charge in [-0.25, -0.2) is 0 Å². The molecule has 0 radical (unpaired) electrons. The van der Waals surface area contributed by atoms with Gasteiger partial charge in [-0.1, -0.05) is 12.1 Å². The summed E-state index contributed by atoms with van der Waals surface area (Å²) in [5, 5.41) is 5.85. The Morgan fingerprint density at radius 1 is 0.939 bits per heavy atom. The molecule has 0 saturated carbocycles. The lowest BCUT2D eigenvalue weighted by atomic mass is 10.0. The van der Waals surface area contributed by atoms with Crippen LogP contribution in [0.1, 0.15) is 43.9 Å². The van der Waals surface area contributed by atoms with Crippen LogP contribution in [-0.4, -0.2) is 48.9 Å². The van der Waals surface area contributed by atoms with Gasteiger partial charge in [-0.15, -0.1) is 0 Å². The SMILES string of the molecule is COc1ccc(C(=O)Nc2ccccc2C(=O)NC2CCN(C(=O)c3ccoc3)CC2)cc1. The smallest absolute Gasteiger partial charge is 0.257 e. The van der Waals surface area contributed by atoms with Gasteiger partial charge in [0.15, 0.2) is 0 Å². The summed E-state index contributed by atoms with van der Waals surface area (Å²) < 4.78 is 10.1. The minimum absolute atomic E-state index is 0.0590. The van der Waals surface area contributed by atoms with Crippen LogP contribution in [0.15, 0.2) is 71.5 Å². The van der Waals surface area contributed by atoms with Crippen LogP contribution in [0, 0.1) is 0 Å². The molecule has 0 atom stereocenters. The fraction of sp³-hybridized carbons (Fsp3) is 0.240. The van der Waals surface area contributed by atoms with Gasteiger partial charge in [-0.3, -0.25) is 14.4 Å². The monoisotopic (exact) mass is 447 g/mol. The Kier molecular flexibility index (Phi) is 6.73. The number of furan rings is 1. The molecule has 0 bridgehead atoms. The van der Waals surface area contributed by atoms with Gasteiger partial charge in [0, 0.05) is 24.7 Å². The number of hydrogen-bond acceptors (Lipinski definition) is 5. The van der Waals surface area contributed by atoms with Crippen molar-refractivity contribution in [3.8, 4) is 5.75 Å². The first-order valence-electron chi connectivity index (χ1n) is 10.7. The van der Waals surface area contributed by atoms with Crippen molar-refractivity contribution in [3.63, 3.8) is 0 Å². The molecule has 2 heterocycles. The van der Waals surface area contributed by atoms with Crippen LogP contribution < -0.4 is 15.4 Å². The van der Waals surface area contributed by atoms with Gasteiger partial charge in [0.25, 0.3) is 17.7 Å². The molecule has 3 aromatic rings. The van der Waals surface area contributed by atoms with E-state index in [1.165, 1.54) is 12.5 Å². The molecule has 4 rings (SSSR count). The van der Waals surface area contributed by atoms with Crippen LogP contribution in [0.3, 0.4) is 0 Å². The molecule has 1 aliphatic rings. The summed E-state index contributed by atoms with van der Waals surface area (Å²) in [6.07, 6.45) is 4.21. The van der Waals surface area contributed by atoms with E-state index in [9.17, 15) is 14.4 Å². The summed E-state index contributed by atoms with van der Waals surface area (Å²) in [5.41, 5.74) is 1.80. The van der Waals surface area contributed by atoms with Gasteiger partial charge >= 0.3 is 0 Å². The van der Waals surface area contributed by atoms with Gasteiger partial charge in [-0.05, 0) is 55.3 Å². The van der Waals surface area contributed by atoms with Gasteiger partial charge in [0.05, 0.1) is 30.2 Å². The fourth-order valence-electron chi connectivity index (χ4n) is 3.79. The van der Waals surface area contributed by atoms with E-state index in [-0.39, 0.29) is 23.8 Å². The third kappa shape index (κ3) is 5.23. The molecule has 170 valence electrons. The molecular formula is C25H25N3O5. The summed E-state index contributed by atoms with van der Waals surface area (Å²) in [4.78, 5) is 39.8. The average Bonchev–Trinajstić information content (AvgIpc) is 3.39. The number of carbonyl (C=O) groups excluding carboxylic acids is 3. The zero-order valence-electron chi connectivity index (χ0n) is 18.2. The van der Waals surface area contributed by atoms with Gasteiger partial charge < -0.3 is 24.7 Å². The number of piperidine rings is 1. The summed E-state index contributed by atoms with van der Waals surface area (Å²) in [5.74, 6) is 0.00756. The lowest BCUT2D eigenvalue weighted by Gasteiger charge is -2.32. The average molecular weight is 447 g/mol. The molecule has 8 nitrogen and oxygen atoms in total. The molecule has 2 N–H and O–H groups in total. The number of para-hydroxylation sites is 1. The van der Waals surface area contributed by atoms with Crippen molar-refractivity contribution < 1.29 is 23.5 Å². The number of nitrogens with zero attached hydrogens (tertiary/aromatic N) is 1. The van der Waals surface area contributed by atoms with E-state index in [0.29, 0.717) is 54.1 Å². The number of nitrogens with one attached hydrogen (secondary N) is 2. The van der Waals surface area contributed by atoms with Crippen LogP contribution in [0.4, 0.5) is 5.69 Å². The Balaban J connectivity index is 1.36. The highest BCUT2D eigenvalue weighted by Crippen LogP contribution is 2.20. The van der Waals surface area contributed by atoms with E-state index in [2.05, 4.69) is 10.6 Å². The molecule has 2 aromatic carbocycles. The Morgan fingerprint density at radius 2 is 1.67 bits per heavy atom. The Hall–Kier alpha value is -4.07. The minimum Gasteiger partial charge on any atom is -0.497 e. The minimum atomic E-state index is -0.316. The topological polar surface area (TPSA) is 101 Å². The van der Waals surface area contributed by atoms with Crippen molar-refractivity contribution in [2.45, 2.75) is 18.9 Å². The molecule has 1 aliphatic heterocycles. The van der Waals surface area contributed by atoms with Crippen LogP contribution in [0.25, 0.3) is 0 Å². The van der Waals surface area contributed by atoms with Crippen molar-refractivity contribution in [2.75, 3.05) is 25.5 Å². The number of benzene rings is 2. The molecule has 0 aliphatic carbocycles. The predicted octanol–water partition coefficient (Wildman–Crippen LogP) is 3.58. The summed E-state index contributed by atoms with van der Waals surface area (Å²) >= 11 is 0. The van der Waals surface area contributed by atoms with E-state index in [1.807, 2.05) is 0 Å². The van der Waals surface area contributed by atoms with E-state index in [4.69, 9.17) is 9.15 Å². The van der Waals surface area contributed by atoms with Crippen molar-refractivity contribution in [2.24, 2.45) is 0 Å². The van der Waals surface area contributed by atoms with Crippen LogP contribution >= 0.6 is 0 Å². The Bertz CT molecular complexity index is 1120. The molecule has 8 heteroatoms. The van der Waals surface area contributed by atoms with E-state index >= 15 is 0 Å². The lowest BCUT2D eigenvalue weighted by Crippen LogP contribution is -2.46. The fourth-order valence-corrected chi connectivity index (χ4v) is 3.79. The van der Waals surface area contributed by atoms with E-state index in [1.54, 1.807) is 66.6 Å². The van der Waals surface area contributed by atoms with Crippen molar-refractivity contribution in [3.05, 3.63) is 83.8 Å². The molecule has 3 amide bonds. The summed E-state index contributed by atoms with van der Waals surface area (Å²) in [6, 6.07) is 15.2. The summed E-state index contributed by atoms with van der Waals surface area (Å²) in [7, 11) is 1.56. The van der Waals surface area contributed by atoms with Crippen LogP contribution in [0.2, 0.25) is 0 Å². The van der Waals surface area contributed by atoms with Crippen molar-refractivity contribution >= 4 is 23.4 Å². The molecular weight excluding hydrogens is 422 g/mol. The number of hydrogen-bond donors (Lipinski definition) is 2. The number of methoxy groups -OCH3 is 1. The quantitative estimate of drug-likeness (QED) is 0.602. The molecule has 1 fully saturated rings. The molecule has 0 spiro atoms. The highest BCUT2D eigenvalue weighted by Gasteiger charge is 2.26. The van der Waals surface area contributed by atoms with Gasteiger partial charge in [0.1, 0.15) is 12.0 Å². The number of ether oxygens (including phenoxy) is 1. The van der Waals surface area contributed by atoms with E-state index in [0.717, 1.165) is 0 Å². The highest BCUT2D eigenvalue weighted by molar-refractivity contribution is 6.09. The zero-order valence-corrected chi connectivity index (χ0v) is 18.2. The third-order valence-corrected chi connectivity index (χ3v) is 5.66. The van der Waals surface area contributed by atoms with Crippen molar-refractivity contribution in [1.82, 2.24) is 10.2 Å². The molecule has 0 unspecified atom stereocenters. The maximum atomic E-state index is 13.0. The second-order valence-electron chi connectivity index (χ2n) is 7.78. The van der Waals surface area contributed by atoms with Gasteiger partial charge in [0.2, 0.25) is 0 Å². The van der Waals surface area contributed by atoms with Gasteiger partial charge in [-0.2, -0.15) is 0 Å². The third-order valence-electron chi connectivity index (χ3n) is 5.66. The first-order valence-corrected chi connectivity index (χ1v) is 10.7. The molecule has 1 saturated heterocycles. The second-order valence-corrected chi connectivity index (χ2v) is 7.78. The number of rotatable bonds is 6. The first kappa shape index (κ1) is 22.1. The number of anilines is 1. The van der Waals surface area contributed by atoms with Crippen LogP contribution in [-0.2, 0) is 0 Å². The highest BCUT2D eigenvalue weighted by atomic mass is 16.5. The van der Waals surface area contributed by atoms with Crippen molar-refractivity contribution in [1.29, 1.82) is 0 Å². The lowest BCUT2D eigenvalue weighted by molar-refractivity contribution is 0.0697. The first-order chi connectivity index (χ1) is 16.0. The Morgan fingerprint density at radius 3 is 2.33 bits per heavy atom. The number of carbonyl (C=O) groups is 3. The number of amides is 3. The van der Waals surface area contributed by atoms with Crippen LogP contribution in [0.5, 0.6) is 5.75 Å². The Labute approximate surface area is 191 Å². The largest absolute Gasteiger partial charge is 0.497 e.